The number of allylic oxidation sites excluding steroid dienone is 1. The van der Waals surface area contributed by atoms with E-state index in [1.54, 1.807) is 24.3 Å². The van der Waals surface area contributed by atoms with Crippen molar-refractivity contribution in [3.05, 3.63) is 99.3 Å². The Balaban J connectivity index is 1.57. The van der Waals surface area contributed by atoms with Crippen LogP contribution in [0.3, 0.4) is 0 Å². The number of rotatable bonds is 4. The number of aryl methyl sites for hydroxylation is 1. The van der Waals surface area contributed by atoms with Crippen molar-refractivity contribution in [2.75, 3.05) is 0 Å². The first-order chi connectivity index (χ1) is 13.5. The van der Waals surface area contributed by atoms with Crippen molar-refractivity contribution in [1.29, 1.82) is 0 Å². The summed E-state index contributed by atoms with van der Waals surface area (Å²) in [6, 6.07) is 19.1. The Morgan fingerprint density at radius 2 is 1.82 bits per heavy atom. The normalized spacial score (nSPS) is 14.1. The van der Waals surface area contributed by atoms with E-state index in [-0.39, 0.29) is 11.5 Å². The van der Waals surface area contributed by atoms with E-state index in [2.05, 4.69) is 19.1 Å². The highest BCUT2D eigenvalue weighted by atomic mass is 35.5. The highest BCUT2D eigenvalue weighted by Crippen LogP contribution is 2.39. The Hall–Kier alpha value is -3.04. The summed E-state index contributed by atoms with van der Waals surface area (Å²) in [5, 5.41) is 0.611. The van der Waals surface area contributed by atoms with E-state index in [9.17, 15) is 4.79 Å². The molecule has 3 nitrogen and oxygen atoms in total. The maximum atomic E-state index is 12.7. The van der Waals surface area contributed by atoms with E-state index >= 15 is 0 Å². The number of Topliss-reactive ketones (excluding diaryl/α,β-unsaturated/α-hetero) is 1. The topological polar surface area (TPSA) is 35.5 Å². The molecule has 0 saturated carbocycles. The number of hydrogen-bond donors (Lipinski definition) is 0. The summed E-state index contributed by atoms with van der Waals surface area (Å²) in [7, 11) is 0. The molecule has 0 amide bonds. The second kappa shape index (κ2) is 7.53. The minimum atomic E-state index is -0.136. The van der Waals surface area contributed by atoms with Gasteiger partial charge in [-0.1, -0.05) is 53.6 Å². The molecular formula is C24H19ClO3. The molecular weight excluding hydrogens is 372 g/mol. The van der Waals surface area contributed by atoms with Gasteiger partial charge in [0.1, 0.15) is 18.1 Å². The smallest absolute Gasteiger partial charge is 0.231 e. The lowest BCUT2D eigenvalue weighted by Crippen LogP contribution is -1.98. The Kier molecular flexibility index (Phi) is 4.93. The van der Waals surface area contributed by atoms with Crippen LogP contribution in [0, 0.1) is 13.8 Å². The van der Waals surface area contributed by atoms with Crippen molar-refractivity contribution >= 4 is 23.5 Å². The molecule has 0 atom stereocenters. The highest BCUT2D eigenvalue weighted by molar-refractivity contribution is 6.30. The molecule has 0 N–H and O–H groups in total. The largest absolute Gasteiger partial charge is 0.488 e. The van der Waals surface area contributed by atoms with Crippen molar-refractivity contribution in [2.24, 2.45) is 0 Å². The average Bonchev–Trinajstić information content (AvgIpc) is 2.99. The van der Waals surface area contributed by atoms with Gasteiger partial charge in [-0.25, -0.2) is 0 Å². The molecule has 0 aliphatic carbocycles. The molecule has 0 saturated heterocycles. The summed E-state index contributed by atoms with van der Waals surface area (Å²) in [5.41, 5.74) is 4.48. The Morgan fingerprint density at radius 1 is 1.04 bits per heavy atom. The number of fused-ring (bicyclic) bond motifs is 1. The molecule has 0 radical (unpaired) electrons. The quantitative estimate of drug-likeness (QED) is 0.501. The molecule has 0 spiro atoms. The molecule has 4 rings (SSSR count). The molecule has 4 heteroatoms. The summed E-state index contributed by atoms with van der Waals surface area (Å²) in [6.45, 7) is 4.41. The first kappa shape index (κ1) is 18.3. The first-order valence-corrected chi connectivity index (χ1v) is 9.41. The highest BCUT2D eigenvalue weighted by Gasteiger charge is 2.30. The van der Waals surface area contributed by atoms with E-state index in [1.165, 1.54) is 5.56 Å². The lowest BCUT2D eigenvalue weighted by Gasteiger charge is -2.11. The Bertz CT molecular complexity index is 1080. The van der Waals surface area contributed by atoms with Gasteiger partial charge in [-0.15, -0.1) is 0 Å². The molecule has 0 fully saturated rings. The lowest BCUT2D eigenvalue weighted by molar-refractivity contribution is 0.101. The fourth-order valence-corrected chi connectivity index (χ4v) is 3.32. The van der Waals surface area contributed by atoms with Crippen LogP contribution in [0.2, 0.25) is 5.02 Å². The standard InChI is InChI=1S/C24H19ClO3/c1-15-6-8-17(9-7-15)14-27-21-11-10-20-23(26)22(28-24(20)16(21)2)13-18-4-3-5-19(25)12-18/h3-13H,14H2,1-2H3/b22-13-. The zero-order valence-electron chi connectivity index (χ0n) is 15.7. The predicted octanol–water partition coefficient (Wildman–Crippen LogP) is 6.15. The number of ether oxygens (including phenoxy) is 2. The van der Waals surface area contributed by atoms with Crippen molar-refractivity contribution in [3.63, 3.8) is 0 Å². The second-order valence-electron chi connectivity index (χ2n) is 6.83. The van der Waals surface area contributed by atoms with E-state index in [4.69, 9.17) is 21.1 Å². The number of carbonyl (C=O) groups excluding carboxylic acids is 1. The van der Waals surface area contributed by atoms with Crippen LogP contribution in [-0.4, -0.2) is 5.78 Å². The SMILES string of the molecule is Cc1ccc(COc2ccc3c(c2C)O/C(=C\c2cccc(Cl)c2)C3=O)cc1. The van der Waals surface area contributed by atoms with E-state index < -0.39 is 0 Å². The number of ketones is 1. The maximum absolute atomic E-state index is 12.7. The van der Waals surface area contributed by atoms with Gasteiger partial charge >= 0.3 is 0 Å². The second-order valence-corrected chi connectivity index (χ2v) is 7.27. The molecule has 1 aliphatic rings. The zero-order valence-corrected chi connectivity index (χ0v) is 16.4. The fraction of sp³-hybridized carbons (Fsp3) is 0.125. The number of benzene rings is 3. The lowest BCUT2D eigenvalue weighted by atomic mass is 10.1. The third-order valence-corrected chi connectivity index (χ3v) is 4.93. The van der Waals surface area contributed by atoms with Gasteiger partial charge in [-0.2, -0.15) is 0 Å². The van der Waals surface area contributed by atoms with E-state index in [0.717, 1.165) is 16.7 Å². The molecule has 0 bridgehead atoms. The Labute approximate surface area is 169 Å². The number of carbonyl (C=O) groups is 1. The summed E-state index contributed by atoms with van der Waals surface area (Å²) in [4.78, 5) is 12.7. The fourth-order valence-electron chi connectivity index (χ4n) is 3.12. The van der Waals surface area contributed by atoms with Crippen LogP contribution in [0.15, 0.2) is 66.4 Å². The van der Waals surface area contributed by atoms with Crippen LogP contribution in [0.25, 0.3) is 6.08 Å². The van der Waals surface area contributed by atoms with E-state index in [1.807, 2.05) is 37.3 Å². The van der Waals surface area contributed by atoms with Crippen LogP contribution >= 0.6 is 11.6 Å². The van der Waals surface area contributed by atoms with E-state index in [0.29, 0.717) is 28.7 Å². The molecule has 140 valence electrons. The van der Waals surface area contributed by atoms with Gasteiger partial charge in [0, 0.05) is 10.6 Å². The molecule has 1 aliphatic heterocycles. The van der Waals surface area contributed by atoms with Crippen LogP contribution in [0.1, 0.15) is 32.6 Å². The minimum Gasteiger partial charge on any atom is -0.488 e. The van der Waals surface area contributed by atoms with Crippen LogP contribution in [0.4, 0.5) is 0 Å². The number of hydrogen-bond acceptors (Lipinski definition) is 3. The van der Waals surface area contributed by atoms with Gasteiger partial charge < -0.3 is 9.47 Å². The van der Waals surface area contributed by atoms with Gasteiger partial charge in [-0.3, -0.25) is 4.79 Å². The molecule has 28 heavy (non-hydrogen) atoms. The third kappa shape index (κ3) is 3.67. The molecule has 3 aromatic rings. The van der Waals surface area contributed by atoms with Crippen LogP contribution in [0.5, 0.6) is 11.5 Å². The van der Waals surface area contributed by atoms with Crippen molar-refractivity contribution in [1.82, 2.24) is 0 Å². The van der Waals surface area contributed by atoms with Gasteiger partial charge in [0.15, 0.2) is 5.76 Å². The maximum Gasteiger partial charge on any atom is 0.231 e. The first-order valence-electron chi connectivity index (χ1n) is 9.03. The van der Waals surface area contributed by atoms with Crippen molar-refractivity contribution in [2.45, 2.75) is 20.5 Å². The van der Waals surface area contributed by atoms with Crippen molar-refractivity contribution in [3.8, 4) is 11.5 Å². The van der Waals surface area contributed by atoms with Crippen molar-refractivity contribution < 1.29 is 14.3 Å². The molecule has 3 aromatic carbocycles. The van der Waals surface area contributed by atoms with Gasteiger partial charge in [0.05, 0.1) is 5.56 Å². The van der Waals surface area contributed by atoms with Crippen LogP contribution < -0.4 is 9.47 Å². The predicted molar refractivity (Wildman–Crippen MR) is 111 cm³/mol. The summed E-state index contributed by atoms with van der Waals surface area (Å²) < 4.78 is 11.9. The van der Waals surface area contributed by atoms with Gasteiger partial charge in [-0.05, 0) is 55.3 Å². The third-order valence-electron chi connectivity index (χ3n) is 4.70. The number of halogens is 1. The van der Waals surface area contributed by atoms with Gasteiger partial charge in [0.25, 0.3) is 0 Å². The molecule has 0 unspecified atom stereocenters. The zero-order chi connectivity index (χ0) is 19.7. The molecule has 0 aromatic heterocycles. The minimum absolute atomic E-state index is 0.136. The summed E-state index contributed by atoms with van der Waals surface area (Å²) in [6.07, 6.45) is 1.71. The van der Waals surface area contributed by atoms with Gasteiger partial charge in [0.2, 0.25) is 5.78 Å². The monoisotopic (exact) mass is 390 g/mol. The average molecular weight is 391 g/mol. The molecule has 1 heterocycles. The van der Waals surface area contributed by atoms with Crippen LogP contribution in [-0.2, 0) is 6.61 Å². The summed E-state index contributed by atoms with van der Waals surface area (Å²) in [5.74, 6) is 1.41. The summed E-state index contributed by atoms with van der Waals surface area (Å²) >= 11 is 6.02. The Morgan fingerprint density at radius 3 is 2.57 bits per heavy atom.